The molecule has 5 heteroatoms. The summed E-state index contributed by atoms with van der Waals surface area (Å²) < 4.78 is 11.8. The van der Waals surface area contributed by atoms with Gasteiger partial charge in [0.15, 0.2) is 11.5 Å². The number of methoxy groups -OCH3 is 1. The molecule has 0 saturated carbocycles. The van der Waals surface area contributed by atoms with Crippen LogP contribution < -0.4 is 14.8 Å². The SMILES string of the molecule is COc1ccccc1OCCCC(=O)Nc1ccc(C)cc1Br. The summed E-state index contributed by atoms with van der Waals surface area (Å²) in [5.74, 6) is 1.36. The minimum absolute atomic E-state index is 0.0295. The van der Waals surface area contributed by atoms with Gasteiger partial charge in [0.25, 0.3) is 0 Å². The van der Waals surface area contributed by atoms with E-state index in [4.69, 9.17) is 9.47 Å². The van der Waals surface area contributed by atoms with Crippen LogP contribution in [-0.4, -0.2) is 19.6 Å². The molecular formula is C18H20BrNO3. The Kier molecular flexibility index (Phi) is 6.47. The lowest BCUT2D eigenvalue weighted by Crippen LogP contribution is -2.13. The Bertz CT molecular complexity index is 673. The first-order chi connectivity index (χ1) is 11.1. The smallest absolute Gasteiger partial charge is 0.224 e. The van der Waals surface area contributed by atoms with Gasteiger partial charge in [-0.25, -0.2) is 0 Å². The number of hydrogen-bond acceptors (Lipinski definition) is 3. The largest absolute Gasteiger partial charge is 0.493 e. The number of hydrogen-bond donors (Lipinski definition) is 1. The molecule has 0 fully saturated rings. The zero-order chi connectivity index (χ0) is 16.7. The van der Waals surface area contributed by atoms with Gasteiger partial charge in [-0.3, -0.25) is 4.79 Å². The zero-order valence-electron chi connectivity index (χ0n) is 13.3. The Morgan fingerprint density at radius 1 is 1.17 bits per heavy atom. The van der Waals surface area contributed by atoms with Crippen LogP contribution in [0.4, 0.5) is 5.69 Å². The summed E-state index contributed by atoms with van der Waals surface area (Å²) in [6.45, 7) is 2.47. The van der Waals surface area contributed by atoms with Crippen molar-refractivity contribution in [3.05, 3.63) is 52.5 Å². The van der Waals surface area contributed by atoms with Crippen LogP contribution in [0.3, 0.4) is 0 Å². The molecule has 0 aliphatic rings. The number of carbonyl (C=O) groups is 1. The molecule has 1 amide bonds. The van der Waals surface area contributed by atoms with Crippen molar-refractivity contribution in [2.45, 2.75) is 19.8 Å². The molecule has 2 aromatic carbocycles. The zero-order valence-corrected chi connectivity index (χ0v) is 14.9. The number of benzene rings is 2. The van der Waals surface area contributed by atoms with Gasteiger partial charge in [-0.05, 0) is 59.1 Å². The molecule has 0 bridgehead atoms. The molecule has 4 nitrogen and oxygen atoms in total. The van der Waals surface area contributed by atoms with E-state index in [0.29, 0.717) is 30.9 Å². The van der Waals surface area contributed by atoms with Gasteiger partial charge in [0.05, 0.1) is 19.4 Å². The number of para-hydroxylation sites is 2. The summed E-state index contributed by atoms with van der Waals surface area (Å²) in [7, 11) is 1.61. The molecule has 1 N–H and O–H groups in total. The van der Waals surface area contributed by atoms with Gasteiger partial charge >= 0.3 is 0 Å². The molecule has 0 aliphatic carbocycles. The maximum atomic E-state index is 12.0. The molecule has 0 aliphatic heterocycles. The maximum absolute atomic E-state index is 12.0. The van der Waals surface area contributed by atoms with Crippen molar-refractivity contribution in [2.24, 2.45) is 0 Å². The van der Waals surface area contributed by atoms with E-state index in [0.717, 1.165) is 15.7 Å². The quantitative estimate of drug-likeness (QED) is 0.719. The third-order valence-corrected chi connectivity index (χ3v) is 3.93. The molecule has 0 radical (unpaired) electrons. The van der Waals surface area contributed by atoms with Crippen LogP contribution >= 0.6 is 15.9 Å². The Morgan fingerprint density at radius 2 is 1.91 bits per heavy atom. The Morgan fingerprint density at radius 3 is 2.61 bits per heavy atom. The van der Waals surface area contributed by atoms with Crippen LogP contribution in [0.25, 0.3) is 0 Å². The fraction of sp³-hybridized carbons (Fsp3) is 0.278. The number of nitrogens with one attached hydrogen (secondary N) is 1. The van der Waals surface area contributed by atoms with E-state index in [-0.39, 0.29) is 5.91 Å². The van der Waals surface area contributed by atoms with Gasteiger partial charge in [-0.15, -0.1) is 0 Å². The topological polar surface area (TPSA) is 47.6 Å². The molecule has 0 spiro atoms. The van der Waals surface area contributed by atoms with Crippen LogP contribution in [0.15, 0.2) is 46.9 Å². The lowest BCUT2D eigenvalue weighted by Gasteiger charge is -2.11. The molecule has 0 unspecified atom stereocenters. The number of amides is 1. The highest BCUT2D eigenvalue weighted by Crippen LogP contribution is 2.26. The summed E-state index contributed by atoms with van der Waals surface area (Å²) in [5.41, 5.74) is 1.92. The molecule has 2 rings (SSSR count). The average Bonchev–Trinajstić information content (AvgIpc) is 2.54. The van der Waals surface area contributed by atoms with E-state index >= 15 is 0 Å². The number of rotatable bonds is 7. The third kappa shape index (κ3) is 5.28. The highest BCUT2D eigenvalue weighted by molar-refractivity contribution is 9.10. The number of anilines is 1. The van der Waals surface area contributed by atoms with Crippen molar-refractivity contribution in [1.29, 1.82) is 0 Å². The fourth-order valence-corrected chi connectivity index (χ4v) is 2.68. The fourth-order valence-electron chi connectivity index (χ4n) is 2.09. The number of carbonyl (C=O) groups excluding carboxylic acids is 1. The molecule has 0 aromatic heterocycles. The maximum Gasteiger partial charge on any atom is 0.224 e. The van der Waals surface area contributed by atoms with E-state index in [1.165, 1.54) is 0 Å². The average molecular weight is 378 g/mol. The molecule has 0 saturated heterocycles. The Hall–Kier alpha value is -2.01. The second kappa shape index (κ2) is 8.58. The number of aryl methyl sites for hydroxylation is 1. The molecule has 2 aromatic rings. The molecular weight excluding hydrogens is 358 g/mol. The van der Waals surface area contributed by atoms with Crippen LogP contribution in [0, 0.1) is 6.92 Å². The van der Waals surface area contributed by atoms with Crippen molar-refractivity contribution in [2.75, 3.05) is 19.0 Å². The Balaban J connectivity index is 1.76. The normalized spacial score (nSPS) is 10.2. The van der Waals surface area contributed by atoms with Crippen LogP contribution in [0.5, 0.6) is 11.5 Å². The van der Waals surface area contributed by atoms with E-state index in [1.54, 1.807) is 7.11 Å². The summed E-state index contributed by atoms with van der Waals surface area (Å²) in [6, 6.07) is 13.3. The third-order valence-electron chi connectivity index (χ3n) is 3.27. The molecule has 23 heavy (non-hydrogen) atoms. The summed E-state index contributed by atoms with van der Waals surface area (Å²) >= 11 is 3.45. The summed E-state index contributed by atoms with van der Waals surface area (Å²) in [4.78, 5) is 12.0. The van der Waals surface area contributed by atoms with Crippen LogP contribution in [-0.2, 0) is 4.79 Å². The van der Waals surface area contributed by atoms with E-state index in [1.807, 2.05) is 49.4 Å². The number of halogens is 1. The molecule has 0 atom stereocenters. The van der Waals surface area contributed by atoms with Crippen molar-refractivity contribution in [3.8, 4) is 11.5 Å². The van der Waals surface area contributed by atoms with Crippen molar-refractivity contribution >= 4 is 27.5 Å². The summed E-state index contributed by atoms with van der Waals surface area (Å²) in [6.07, 6.45) is 1.03. The lowest BCUT2D eigenvalue weighted by molar-refractivity contribution is -0.116. The van der Waals surface area contributed by atoms with Gasteiger partial charge in [0.1, 0.15) is 0 Å². The van der Waals surface area contributed by atoms with Crippen molar-refractivity contribution in [3.63, 3.8) is 0 Å². The minimum atomic E-state index is -0.0295. The highest BCUT2D eigenvalue weighted by Gasteiger charge is 2.07. The second-order valence-corrected chi connectivity index (χ2v) is 5.99. The Labute approximate surface area is 144 Å². The van der Waals surface area contributed by atoms with Gasteiger partial charge in [-0.1, -0.05) is 18.2 Å². The minimum Gasteiger partial charge on any atom is -0.493 e. The predicted octanol–water partition coefficient (Wildman–Crippen LogP) is 4.56. The van der Waals surface area contributed by atoms with E-state index in [2.05, 4.69) is 21.2 Å². The van der Waals surface area contributed by atoms with Gasteiger partial charge in [0, 0.05) is 10.9 Å². The number of ether oxygens (including phenoxy) is 2. The van der Waals surface area contributed by atoms with Crippen LogP contribution in [0.1, 0.15) is 18.4 Å². The monoisotopic (exact) mass is 377 g/mol. The van der Waals surface area contributed by atoms with Crippen molar-refractivity contribution in [1.82, 2.24) is 0 Å². The van der Waals surface area contributed by atoms with E-state index < -0.39 is 0 Å². The summed E-state index contributed by atoms with van der Waals surface area (Å²) in [5, 5.41) is 2.89. The van der Waals surface area contributed by atoms with Crippen molar-refractivity contribution < 1.29 is 14.3 Å². The van der Waals surface area contributed by atoms with E-state index in [9.17, 15) is 4.79 Å². The lowest BCUT2D eigenvalue weighted by atomic mass is 10.2. The highest BCUT2D eigenvalue weighted by atomic mass is 79.9. The standard InChI is InChI=1S/C18H20BrNO3/c1-13-9-10-15(14(19)12-13)20-18(21)8-5-11-23-17-7-4-3-6-16(17)22-2/h3-4,6-7,9-10,12H,5,8,11H2,1-2H3,(H,20,21). The predicted molar refractivity (Wildman–Crippen MR) is 95.2 cm³/mol. The van der Waals surface area contributed by atoms with Gasteiger partial charge < -0.3 is 14.8 Å². The first-order valence-electron chi connectivity index (χ1n) is 7.42. The van der Waals surface area contributed by atoms with Crippen LogP contribution in [0.2, 0.25) is 0 Å². The van der Waals surface area contributed by atoms with Gasteiger partial charge in [-0.2, -0.15) is 0 Å². The first-order valence-corrected chi connectivity index (χ1v) is 8.21. The first kappa shape index (κ1) is 17.3. The molecule has 0 heterocycles. The second-order valence-electron chi connectivity index (χ2n) is 5.13. The van der Waals surface area contributed by atoms with Gasteiger partial charge in [0.2, 0.25) is 5.91 Å². The molecule has 122 valence electrons.